The molecule has 37 heavy (non-hydrogen) atoms. The Morgan fingerprint density at radius 2 is 1.73 bits per heavy atom. The van der Waals surface area contributed by atoms with Crippen molar-refractivity contribution in [1.82, 2.24) is 29.6 Å². The van der Waals surface area contributed by atoms with Crippen molar-refractivity contribution in [3.63, 3.8) is 0 Å². The van der Waals surface area contributed by atoms with Crippen LogP contribution in [-0.2, 0) is 7.05 Å². The fourth-order valence-corrected chi connectivity index (χ4v) is 4.28. The maximum absolute atomic E-state index is 13.3. The molecule has 3 N–H and O–H groups in total. The number of carbonyl (C=O) groups excluding carboxylic acids is 1. The van der Waals surface area contributed by atoms with Crippen LogP contribution in [-0.4, -0.2) is 54.3 Å². The zero-order valence-corrected chi connectivity index (χ0v) is 19.8. The molecule has 1 aliphatic heterocycles. The minimum atomic E-state index is -4.43. The number of aromatic nitrogens is 5. The highest BCUT2D eigenvalue weighted by molar-refractivity contribution is 5.95. The van der Waals surface area contributed by atoms with Crippen LogP contribution in [0.3, 0.4) is 0 Å². The zero-order chi connectivity index (χ0) is 26.2. The molecule has 12 heteroatoms. The molecular formula is C25H23F3N8O. The zero-order valence-electron chi connectivity index (χ0n) is 19.8. The molecule has 0 saturated carbocycles. The first-order chi connectivity index (χ1) is 17.7. The van der Waals surface area contributed by atoms with Crippen LogP contribution in [0.1, 0.15) is 23.2 Å². The first kappa shape index (κ1) is 24.2. The van der Waals surface area contributed by atoms with E-state index in [1.54, 1.807) is 36.1 Å². The van der Waals surface area contributed by atoms with Crippen molar-refractivity contribution in [2.75, 3.05) is 17.6 Å². The maximum Gasteiger partial charge on any atom is 0.408 e. The van der Waals surface area contributed by atoms with Gasteiger partial charge in [0.25, 0.3) is 5.91 Å². The van der Waals surface area contributed by atoms with Crippen LogP contribution < -0.4 is 11.1 Å². The number of halogens is 3. The number of aryl methyl sites for hydroxylation is 1. The van der Waals surface area contributed by atoms with Gasteiger partial charge in [-0.25, -0.2) is 14.6 Å². The molecule has 190 valence electrons. The molecule has 0 aliphatic carbocycles. The predicted molar refractivity (Wildman–Crippen MR) is 132 cm³/mol. The molecule has 1 aliphatic rings. The fraction of sp³-hybridized carbons (Fsp3) is 0.240. The van der Waals surface area contributed by atoms with E-state index in [1.807, 2.05) is 24.3 Å². The minimum absolute atomic E-state index is 0.0705. The van der Waals surface area contributed by atoms with Gasteiger partial charge >= 0.3 is 6.18 Å². The van der Waals surface area contributed by atoms with Crippen molar-refractivity contribution in [2.45, 2.75) is 25.1 Å². The van der Waals surface area contributed by atoms with E-state index in [2.05, 4.69) is 25.4 Å². The van der Waals surface area contributed by atoms with E-state index >= 15 is 0 Å². The molecule has 3 heterocycles. The van der Waals surface area contributed by atoms with E-state index in [0.717, 1.165) is 16.2 Å². The van der Waals surface area contributed by atoms with E-state index in [9.17, 15) is 18.0 Å². The number of carbonyl (C=O) groups is 1. The quantitative estimate of drug-likeness (QED) is 0.410. The smallest absolute Gasteiger partial charge is 0.368 e. The Kier molecular flexibility index (Phi) is 6.24. The van der Waals surface area contributed by atoms with Gasteiger partial charge in [-0.1, -0.05) is 24.3 Å². The van der Waals surface area contributed by atoms with Crippen molar-refractivity contribution in [3.05, 3.63) is 66.4 Å². The summed E-state index contributed by atoms with van der Waals surface area (Å²) >= 11 is 0. The third-order valence-electron chi connectivity index (χ3n) is 6.16. The molecule has 0 radical (unpaired) electrons. The third kappa shape index (κ3) is 5.08. The SMILES string of the molecule is Cn1nc(-c2ccc(C(=O)N3CCC[C@H]3C(F)(F)F)cc2)nc1Nc1ccc(-c2ccnc(N)n2)cc1. The lowest BCUT2D eigenvalue weighted by Gasteiger charge is -2.26. The Hall–Kier alpha value is -4.48. The van der Waals surface area contributed by atoms with Crippen LogP contribution in [0.2, 0.25) is 0 Å². The van der Waals surface area contributed by atoms with E-state index in [0.29, 0.717) is 29.5 Å². The van der Waals surface area contributed by atoms with Crippen LogP contribution in [0.15, 0.2) is 60.8 Å². The number of nitrogens with one attached hydrogen (secondary N) is 1. The number of hydrogen-bond acceptors (Lipinski definition) is 7. The topological polar surface area (TPSA) is 115 Å². The summed E-state index contributed by atoms with van der Waals surface area (Å²) in [5, 5.41) is 7.62. The number of benzene rings is 2. The van der Waals surface area contributed by atoms with Crippen molar-refractivity contribution >= 4 is 23.5 Å². The average molecular weight is 509 g/mol. The second kappa shape index (κ2) is 9.52. The van der Waals surface area contributed by atoms with Crippen molar-refractivity contribution in [2.24, 2.45) is 7.05 Å². The molecule has 4 aromatic rings. The van der Waals surface area contributed by atoms with E-state index in [4.69, 9.17) is 5.73 Å². The van der Waals surface area contributed by atoms with Crippen LogP contribution in [0.5, 0.6) is 0 Å². The van der Waals surface area contributed by atoms with E-state index in [-0.39, 0.29) is 24.5 Å². The Balaban J connectivity index is 1.29. The first-order valence-corrected chi connectivity index (χ1v) is 11.5. The normalized spacial score (nSPS) is 15.7. The second-order valence-electron chi connectivity index (χ2n) is 8.66. The minimum Gasteiger partial charge on any atom is -0.368 e. The van der Waals surface area contributed by atoms with Crippen molar-refractivity contribution < 1.29 is 18.0 Å². The Morgan fingerprint density at radius 1 is 1.03 bits per heavy atom. The summed E-state index contributed by atoms with van der Waals surface area (Å²) < 4.78 is 41.3. The van der Waals surface area contributed by atoms with Gasteiger partial charge in [-0.2, -0.15) is 18.2 Å². The number of nitrogens with two attached hydrogens (primary N) is 1. The Morgan fingerprint density at radius 3 is 2.41 bits per heavy atom. The summed E-state index contributed by atoms with van der Waals surface area (Å²) in [4.78, 5) is 26.2. The van der Waals surface area contributed by atoms with Gasteiger partial charge in [0.2, 0.25) is 11.9 Å². The summed E-state index contributed by atoms with van der Waals surface area (Å²) in [6.07, 6.45) is -2.57. The lowest BCUT2D eigenvalue weighted by atomic mass is 10.1. The summed E-state index contributed by atoms with van der Waals surface area (Å²) in [5.74, 6) is 0.465. The van der Waals surface area contributed by atoms with Gasteiger partial charge in [0.1, 0.15) is 6.04 Å². The number of hydrogen-bond donors (Lipinski definition) is 2. The fourth-order valence-electron chi connectivity index (χ4n) is 4.28. The first-order valence-electron chi connectivity index (χ1n) is 11.5. The third-order valence-corrected chi connectivity index (χ3v) is 6.16. The monoisotopic (exact) mass is 508 g/mol. The highest BCUT2D eigenvalue weighted by Gasteiger charge is 2.47. The van der Waals surface area contributed by atoms with Gasteiger partial charge in [0.05, 0.1) is 5.69 Å². The standard InChI is InChI=1S/C25H23F3N8O/c1-35-24(31-18-10-8-15(9-11-18)19-12-13-30-23(29)32-19)33-21(34-35)16-4-6-17(7-5-16)22(37)36-14-2-3-20(36)25(26,27)28/h4-13,20H,2-3,14H2,1H3,(H2,29,30,32)(H,31,33,34)/t20-/m0/s1. The number of alkyl halides is 3. The van der Waals surface area contributed by atoms with Crippen molar-refractivity contribution in [1.29, 1.82) is 0 Å². The molecule has 0 bridgehead atoms. The number of nitrogen functional groups attached to an aromatic ring is 1. The number of rotatable bonds is 5. The average Bonchev–Trinajstić information content (AvgIpc) is 3.52. The molecule has 2 aromatic heterocycles. The van der Waals surface area contributed by atoms with Gasteiger partial charge in [0.15, 0.2) is 5.82 Å². The molecule has 0 unspecified atom stereocenters. The highest BCUT2D eigenvalue weighted by Crippen LogP contribution is 2.33. The molecule has 1 atom stereocenters. The molecule has 5 rings (SSSR count). The second-order valence-corrected chi connectivity index (χ2v) is 8.66. The summed E-state index contributed by atoms with van der Waals surface area (Å²) in [5.41, 5.74) is 8.84. The Labute approximate surface area is 210 Å². The van der Waals surface area contributed by atoms with Crippen molar-refractivity contribution in [3.8, 4) is 22.6 Å². The molecule has 1 fully saturated rings. The van der Waals surface area contributed by atoms with Gasteiger partial charge in [-0.05, 0) is 43.2 Å². The number of amides is 1. The molecule has 9 nitrogen and oxygen atoms in total. The molecule has 2 aromatic carbocycles. The summed E-state index contributed by atoms with van der Waals surface area (Å²) in [6, 6.07) is 13.8. The Bertz CT molecular complexity index is 1420. The van der Waals surface area contributed by atoms with Crippen LogP contribution >= 0.6 is 0 Å². The largest absolute Gasteiger partial charge is 0.408 e. The lowest BCUT2D eigenvalue weighted by molar-refractivity contribution is -0.169. The summed E-state index contributed by atoms with van der Waals surface area (Å²) in [6.45, 7) is 0.0929. The summed E-state index contributed by atoms with van der Waals surface area (Å²) in [7, 11) is 1.74. The van der Waals surface area contributed by atoms with Gasteiger partial charge < -0.3 is 16.0 Å². The lowest BCUT2D eigenvalue weighted by Crippen LogP contribution is -2.44. The predicted octanol–water partition coefficient (Wildman–Crippen LogP) is 4.43. The molecule has 0 spiro atoms. The molecule has 1 saturated heterocycles. The molecule has 1 amide bonds. The van der Waals surface area contributed by atoms with Crippen LogP contribution in [0.4, 0.5) is 30.8 Å². The van der Waals surface area contributed by atoms with Gasteiger partial charge in [-0.3, -0.25) is 4.79 Å². The number of likely N-dealkylation sites (tertiary alicyclic amines) is 1. The van der Waals surface area contributed by atoms with E-state index < -0.39 is 18.1 Å². The van der Waals surface area contributed by atoms with Gasteiger partial charge in [-0.15, -0.1) is 5.10 Å². The van der Waals surface area contributed by atoms with Gasteiger partial charge in [0, 0.05) is 42.2 Å². The van der Waals surface area contributed by atoms with E-state index in [1.165, 1.54) is 12.1 Å². The van der Waals surface area contributed by atoms with Crippen LogP contribution in [0.25, 0.3) is 22.6 Å². The highest BCUT2D eigenvalue weighted by atomic mass is 19.4. The van der Waals surface area contributed by atoms with Crippen LogP contribution in [0, 0.1) is 0 Å². The number of nitrogens with zero attached hydrogens (tertiary/aromatic N) is 6. The molecular weight excluding hydrogens is 485 g/mol. The number of anilines is 3. The maximum atomic E-state index is 13.3.